The van der Waals surface area contributed by atoms with Crippen LogP contribution in [0.2, 0.25) is 5.02 Å². The molecule has 1 fully saturated rings. The van der Waals surface area contributed by atoms with Crippen LogP contribution in [0.15, 0.2) is 24.3 Å². The van der Waals surface area contributed by atoms with Gasteiger partial charge in [0.05, 0.1) is 6.10 Å². The lowest BCUT2D eigenvalue weighted by Gasteiger charge is -2.11. The van der Waals surface area contributed by atoms with E-state index in [-0.39, 0.29) is 17.9 Å². The summed E-state index contributed by atoms with van der Waals surface area (Å²) in [5.41, 5.74) is 6.57. The number of aliphatic hydroxyl groups excluding tert-OH is 1. The smallest absolute Gasteiger partial charge is 0.300 e. The van der Waals surface area contributed by atoms with Crippen LogP contribution in [0.5, 0.6) is 0 Å². The molecule has 0 aliphatic heterocycles. The Bertz CT molecular complexity index is 510. The summed E-state index contributed by atoms with van der Waals surface area (Å²) in [4.78, 5) is 20.9. The van der Waals surface area contributed by atoms with Gasteiger partial charge in [-0.2, -0.15) is 0 Å². The summed E-state index contributed by atoms with van der Waals surface area (Å²) >= 11 is 6.00. The molecule has 0 spiro atoms. The lowest BCUT2D eigenvalue weighted by atomic mass is 10.1. The van der Waals surface area contributed by atoms with E-state index < -0.39 is 12.1 Å². The summed E-state index contributed by atoms with van der Waals surface area (Å²) in [6.45, 7) is 1.49. The minimum atomic E-state index is -0.833. The molecule has 0 radical (unpaired) electrons. The summed E-state index contributed by atoms with van der Waals surface area (Å²) in [5.74, 6) is -1.10. The maximum Gasteiger partial charge on any atom is 0.300 e. The number of carbonyl (C=O) groups excluding carboxylic acids is 1. The van der Waals surface area contributed by atoms with Crippen LogP contribution < -0.4 is 11.1 Å². The molecule has 1 aromatic carbocycles. The number of nitrogens with two attached hydrogens (primary N) is 1. The second-order valence-electron chi connectivity index (χ2n) is 5.23. The molecule has 122 valence electrons. The molecule has 1 aliphatic carbocycles. The van der Waals surface area contributed by atoms with E-state index in [1.807, 2.05) is 18.2 Å². The zero-order chi connectivity index (χ0) is 16.7. The van der Waals surface area contributed by atoms with Gasteiger partial charge in [-0.05, 0) is 24.5 Å². The van der Waals surface area contributed by atoms with Crippen LogP contribution in [-0.4, -0.2) is 34.2 Å². The lowest BCUT2D eigenvalue weighted by molar-refractivity contribution is -0.134. The first-order valence-electron chi connectivity index (χ1n) is 6.95. The van der Waals surface area contributed by atoms with E-state index in [0.717, 1.165) is 12.5 Å². The van der Waals surface area contributed by atoms with Crippen LogP contribution in [0.3, 0.4) is 0 Å². The van der Waals surface area contributed by atoms with Gasteiger partial charge in [-0.3, -0.25) is 9.59 Å². The van der Waals surface area contributed by atoms with Crippen molar-refractivity contribution in [1.29, 1.82) is 0 Å². The average Bonchev–Trinajstić information content (AvgIpc) is 2.77. The van der Waals surface area contributed by atoms with Gasteiger partial charge in [0, 0.05) is 30.5 Å². The number of benzene rings is 1. The van der Waals surface area contributed by atoms with Gasteiger partial charge in [-0.25, -0.2) is 0 Å². The zero-order valence-electron chi connectivity index (χ0n) is 12.3. The quantitative estimate of drug-likeness (QED) is 0.664. The number of carbonyl (C=O) groups is 2. The minimum Gasteiger partial charge on any atom is -0.481 e. The molecule has 1 aromatic rings. The van der Waals surface area contributed by atoms with Crippen molar-refractivity contribution < 1.29 is 19.8 Å². The molecule has 7 heteroatoms. The van der Waals surface area contributed by atoms with Gasteiger partial charge in [0.25, 0.3) is 5.97 Å². The van der Waals surface area contributed by atoms with Crippen LogP contribution in [-0.2, 0) is 16.1 Å². The van der Waals surface area contributed by atoms with Gasteiger partial charge in [0.15, 0.2) is 0 Å². The normalized spacial score (nSPS) is 23.4. The number of hydrogen-bond acceptors (Lipinski definition) is 4. The number of carboxylic acid groups (broad SMARTS) is 1. The third kappa shape index (κ3) is 6.01. The first-order valence-corrected chi connectivity index (χ1v) is 7.33. The maximum atomic E-state index is 11.9. The van der Waals surface area contributed by atoms with Gasteiger partial charge in [-0.15, -0.1) is 0 Å². The largest absolute Gasteiger partial charge is 0.481 e. The molecule has 0 aromatic heterocycles. The minimum absolute atomic E-state index is 0.0677. The molecular weight excluding hydrogens is 308 g/mol. The number of carboxylic acids is 1. The Hall–Kier alpha value is -1.63. The molecule has 0 heterocycles. The van der Waals surface area contributed by atoms with E-state index in [0.29, 0.717) is 24.4 Å². The Morgan fingerprint density at radius 1 is 1.36 bits per heavy atom. The Kier molecular flexibility index (Phi) is 7.31. The molecule has 1 saturated carbocycles. The van der Waals surface area contributed by atoms with Crippen LogP contribution in [0.4, 0.5) is 0 Å². The fourth-order valence-electron chi connectivity index (χ4n) is 2.23. The fraction of sp³-hybridized carbons (Fsp3) is 0.467. The Labute approximate surface area is 134 Å². The fourth-order valence-corrected chi connectivity index (χ4v) is 2.43. The number of aliphatic hydroxyl groups is 1. The van der Waals surface area contributed by atoms with Crippen molar-refractivity contribution in [2.75, 3.05) is 0 Å². The van der Waals surface area contributed by atoms with Gasteiger partial charge in [-0.1, -0.05) is 29.8 Å². The number of aliphatic carboxylic acids is 1. The van der Waals surface area contributed by atoms with Crippen molar-refractivity contribution >= 4 is 23.5 Å². The highest BCUT2D eigenvalue weighted by atomic mass is 35.5. The molecule has 6 nitrogen and oxygen atoms in total. The van der Waals surface area contributed by atoms with Crippen LogP contribution in [0.25, 0.3) is 0 Å². The highest BCUT2D eigenvalue weighted by Gasteiger charge is 2.34. The molecule has 2 rings (SSSR count). The topological polar surface area (TPSA) is 113 Å². The van der Waals surface area contributed by atoms with Crippen LogP contribution >= 0.6 is 11.6 Å². The van der Waals surface area contributed by atoms with E-state index in [9.17, 15) is 9.90 Å². The average molecular weight is 329 g/mol. The maximum absolute atomic E-state index is 11.9. The first-order chi connectivity index (χ1) is 10.3. The monoisotopic (exact) mass is 328 g/mol. The van der Waals surface area contributed by atoms with Crippen molar-refractivity contribution in [3.05, 3.63) is 34.9 Å². The zero-order valence-corrected chi connectivity index (χ0v) is 13.1. The Morgan fingerprint density at radius 3 is 2.45 bits per heavy atom. The number of amides is 1. The van der Waals surface area contributed by atoms with E-state index >= 15 is 0 Å². The van der Waals surface area contributed by atoms with Gasteiger partial charge >= 0.3 is 0 Å². The van der Waals surface area contributed by atoms with E-state index in [1.165, 1.54) is 0 Å². The van der Waals surface area contributed by atoms with Crippen LogP contribution in [0, 0.1) is 5.92 Å². The third-order valence-electron chi connectivity index (χ3n) is 3.36. The molecule has 1 amide bonds. The Morgan fingerprint density at radius 2 is 1.95 bits per heavy atom. The molecule has 3 atom stereocenters. The summed E-state index contributed by atoms with van der Waals surface area (Å²) in [6, 6.07) is 7.10. The Balaban J connectivity index is 0.000000541. The lowest BCUT2D eigenvalue weighted by Crippen LogP contribution is -2.30. The first kappa shape index (κ1) is 18.4. The van der Waals surface area contributed by atoms with Crippen molar-refractivity contribution in [2.24, 2.45) is 11.7 Å². The number of rotatable bonds is 3. The molecule has 0 unspecified atom stereocenters. The highest BCUT2D eigenvalue weighted by molar-refractivity contribution is 6.31. The van der Waals surface area contributed by atoms with Crippen molar-refractivity contribution in [2.45, 2.75) is 38.5 Å². The molecule has 0 bridgehead atoms. The van der Waals surface area contributed by atoms with E-state index in [2.05, 4.69) is 5.32 Å². The predicted octanol–water partition coefficient (Wildman–Crippen LogP) is 1.15. The highest BCUT2D eigenvalue weighted by Crippen LogP contribution is 2.25. The number of halogens is 1. The molecule has 1 aliphatic rings. The summed E-state index contributed by atoms with van der Waals surface area (Å²) in [6.07, 6.45) is 0.409. The van der Waals surface area contributed by atoms with E-state index in [1.54, 1.807) is 6.07 Å². The number of hydrogen-bond donors (Lipinski definition) is 4. The van der Waals surface area contributed by atoms with Crippen molar-refractivity contribution in [3.63, 3.8) is 0 Å². The SMILES string of the molecule is CC(=O)O.N[C@H]1C[C@H](C(=O)NCc2ccccc2Cl)C[C@@H]1O. The van der Waals surface area contributed by atoms with Crippen molar-refractivity contribution in [1.82, 2.24) is 5.32 Å². The summed E-state index contributed by atoms with van der Waals surface area (Å²) < 4.78 is 0. The van der Waals surface area contributed by atoms with Crippen molar-refractivity contribution in [3.8, 4) is 0 Å². The molecule has 0 saturated heterocycles. The van der Waals surface area contributed by atoms with Gasteiger partial charge < -0.3 is 21.3 Å². The summed E-state index contributed by atoms with van der Waals surface area (Å²) in [7, 11) is 0. The predicted molar refractivity (Wildman–Crippen MR) is 83.3 cm³/mol. The van der Waals surface area contributed by atoms with E-state index in [4.69, 9.17) is 27.2 Å². The standard InChI is InChI=1S/C13H17ClN2O2.C2H4O2/c14-10-4-2-1-3-8(10)7-16-13(18)9-5-11(15)12(17)6-9;1-2(3)4/h1-4,9,11-12,17H,5-7,15H2,(H,16,18);1H3,(H,3,4)/t9-,11-,12-;/m0./s1. The second-order valence-corrected chi connectivity index (χ2v) is 5.63. The molecular formula is C15H21ClN2O4. The second kappa shape index (κ2) is 8.73. The molecule has 22 heavy (non-hydrogen) atoms. The number of nitrogens with one attached hydrogen (secondary N) is 1. The summed E-state index contributed by atoms with van der Waals surface area (Å²) in [5, 5.41) is 20.4. The third-order valence-corrected chi connectivity index (χ3v) is 3.73. The van der Waals surface area contributed by atoms with Gasteiger partial charge in [0.1, 0.15) is 0 Å². The van der Waals surface area contributed by atoms with Crippen LogP contribution in [0.1, 0.15) is 25.3 Å². The van der Waals surface area contributed by atoms with Gasteiger partial charge in [0.2, 0.25) is 5.91 Å². The molecule has 5 N–H and O–H groups in total.